The van der Waals surface area contributed by atoms with E-state index in [9.17, 15) is 4.79 Å². The molecule has 2 aromatic rings. The number of halogens is 1. The Labute approximate surface area is 112 Å². The summed E-state index contributed by atoms with van der Waals surface area (Å²) in [6.07, 6.45) is 0. The molecule has 4 nitrogen and oxygen atoms in total. The summed E-state index contributed by atoms with van der Waals surface area (Å²) in [6.45, 7) is 0. The van der Waals surface area contributed by atoms with E-state index in [1.807, 2.05) is 12.1 Å². The summed E-state index contributed by atoms with van der Waals surface area (Å²) >= 11 is 3.34. The fraction of sp³-hybridized carbons (Fsp3) is 0.154. The fourth-order valence-corrected chi connectivity index (χ4v) is 2.31. The van der Waals surface area contributed by atoms with Crippen molar-refractivity contribution >= 4 is 32.8 Å². The number of benzene rings is 1. The maximum atomic E-state index is 11.7. The molecule has 18 heavy (non-hydrogen) atoms. The van der Waals surface area contributed by atoms with Gasteiger partial charge < -0.3 is 4.74 Å². The Kier molecular flexibility index (Phi) is 3.58. The van der Waals surface area contributed by atoms with E-state index in [2.05, 4.69) is 20.9 Å². The molecule has 2 rings (SSSR count). The van der Waals surface area contributed by atoms with Gasteiger partial charge in [-0.1, -0.05) is 22.0 Å². The number of fused-ring (bicyclic) bond motifs is 1. The maximum absolute atomic E-state index is 11.7. The smallest absolute Gasteiger partial charge is 0.338 e. The lowest BCUT2D eigenvalue weighted by Crippen LogP contribution is -2.06. The van der Waals surface area contributed by atoms with Gasteiger partial charge in [0.05, 0.1) is 18.2 Å². The number of carbonyl (C=O) groups excluding carboxylic acids is 1. The number of carbonyl (C=O) groups is 1. The van der Waals surface area contributed by atoms with Crippen molar-refractivity contribution in [1.29, 1.82) is 5.26 Å². The van der Waals surface area contributed by atoms with Gasteiger partial charge in [-0.3, -0.25) is 0 Å². The molecule has 0 unspecified atom stereocenters. The van der Waals surface area contributed by atoms with Gasteiger partial charge in [-0.25, -0.2) is 9.78 Å². The highest BCUT2D eigenvalue weighted by Crippen LogP contribution is 2.24. The van der Waals surface area contributed by atoms with Crippen molar-refractivity contribution in [3.05, 3.63) is 41.1 Å². The first-order valence-electron chi connectivity index (χ1n) is 5.18. The Bertz CT molecular complexity index is 662. The number of rotatable bonds is 2. The van der Waals surface area contributed by atoms with Gasteiger partial charge in [0.25, 0.3) is 0 Å². The highest BCUT2D eigenvalue weighted by atomic mass is 79.9. The van der Waals surface area contributed by atoms with Gasteiger partial charge in [-0.05, 0) is 18.2 Å². The standard InChI is InChI=1S/C13H9BrN2O2/c1-18-13(17)10-5-3-8-2-4-9(7-15)16-12(8)11(10)6-14/h2-5H,6H2,1H3. The molecule has 0 bridgehead atoms. The van der Waals surface area contributed by atoms with Gasteiger partial charge in [0.15, 0.2) is 0 Å². The van der Waals surface area contributed by atoms with Crippen LogP contribution in [-0.2, 0) is 10.1 Å². The molecule has 0 N–H and O–H groups in total. The van der Waals surface area contributed by atoms with E-state index in [1.54, 1.807) is 18.2 Å². The zero-order valence-corrected chi connectivity index (χ0v) is 11.2. The van der Waals surface area contributed by atoms with E-state index >= 15 is 0 Å². The summed E-state index contributed by atoms with van der Waals surface area (Å²) in [5, 5.41) is 10.2. The molecular formula is C13H9BrN2O2. The first-order valence-corrected chi connectivity index (χ1v) is 6.30. The van der Waals surface area contributed by atoms with Gasteiger partial charge in [0.1, 0.15) is 11.8 Å². The van der Waals surface area contributed by atoms with E-state index < -0.39 is 5.97 Å². The predicted octanol–water partition coefficient (Wildman–Crippen LogP) is 2.79. The van der Waals surface area contributed by atoms with Crippen LogP contribution in [-0.4, -0.2) is 18.1 Å². The number of esters is 1. The van der Waals surface area contributed by atoms with Crippen LogP contribution >= 0.6 is 15.9 Å². The molecule has 0 aliphatic rings. The minimum atomic E-state index is -0.407. The minimum absolute atomic E-state index is 0.326. The van der Waals surface area contributed by atoms with Crippen molar-refractivity contribution in [2.24, 2.45) is 0 Å². The van der Waals surface area contributed by atoms with E-state index in [1.165, 1.54) is 7.11 Å². The van der Waals surface area contributed by atoms with E-state index in [0.29, 0.717) is 22.1 Å². The molecular weight excluding hydrogens is 296 g/mol. The number of nitriles is 1. The molecule has 0 spiro atoms. The lowest BCUT2D eigenvalue weighted by molar-refractivity contribution is 0.0600. The summed E-state index contributed by atoms with van der Waals surface area (Å²) in [4.78, 5) is 15.9. The molecule has 0 aliphatic carbocycles. The van der Waals surface area contributed by atoms with Crippen LogP contribution in [0.4, 0.5) is 0 Å². The van der Waals surface area contributed by atoms with Gasteiger partial charge >= 0.3 is 5.97 Å². The van der Waals surface area contributed by atoms with Gasteiger partial charge in [0, 0.05) is 16.3 Å². The van der Waals surface area contributed by atoms with Crippen LogP contribution in [0.1, 0.15) is 21.6 Å². The largest absolute Gasteiger partial charge is 0.465 e. The van der Waals surface area contributed by atoms with Gasteiger partial charge in [-0.15, -0.1) is 0 Å². The van der Waals surface area contributed by atoms with Crippen molar-refractivity contribution in [3.8, 4) is 6.07 Å². The summed E-state index contributed by atoms with van der Waals surface area (Å²) < 4.78 is 4.73. The Morgan fingerprint density at radius 2 is 2.17 bits per heavy atom. The number of pyridine rings is 1. The Hall–Kier alpha value is -1.93. The Morgan fingerprint density at radius 3 is 2.78 bits per heavy atom. The lowest BCUT2D eigenvalue weighted by Gasteiger charge is -2.08. The summed E-state index contributed by atoms with van der Waals surface area (Å²) in [5.74, 6) is -0.407. The topological polar surface area (TPSA) is 63.0 Å². The number of hydrogen-bond donors (Lipinski definition) is 0. The second kappa shape index (κ2) is 5.15. The highest BCUT2D eigenvalue weighted by Gasteiger charge is 2.15. The average Bonchev–Trinajstić information content (AvgIpc) is 2.44. The number of alkyl halides is 1. The number of aromatic nitrogens is 1. The molecule has 90 valence electrons. The first-order chi connectivity index (χ1) is 8.71. The van der Waals surface area contributed by atoms with E-state index in [-0.39, 0.29) is 0 Å². The van der Waals surface area contributed by atoms with Crippen LogP contribution in [0.2, 0.25) is 0 Å². The average molecular weight is 305 g/mol. The summed E-state index contributed by atoms with van der Waals surface area (Å²) in [6, 6.07) is 8.96. The zero-order valence-electron chi connectivity index (χ0n) is 9.61. The SMILES string of the molecule is COC(=O)c1ccc2ccc(C#N)nc2c1CBr. The molecule has 1 aromatic heterocycles. The molecule has 0 fully saturated rings. The van der Waals surface area contributed by atoms with E-state index in [0.717, 1.165) is 10.9 Å². The van der Waals surface area contributed by atoms with Crippen molar-refractivity contribution in [3.63, 3.8) is 0 Å². The number of nitrogens with zero attached hydrogens (tertiary/aromatic N) is 2. The van der Waals surface area contributed by atoms with Crippen LogP contribution < -0.4 is 0 Å². The maximum Gasteiger partial charge on any atom is 0.338 e. The lowest BCUT2D eigenvalue weighted by atomic mass is 10.0. The van der Waals surface area contributed by atoms with Crippen molar-refractivity contribution in [1.82, 2.24) is 4.98 Å². The number of hydrogen-bond acceptors (Lipinski definition) is 4. The molecule has 0 aliphatic heterocycles. The number of ether oxygens (including phenoxy) is 1. The molecule has 0 saturated heterocycles. The van der Waals surface area contributed by atoms with Crippen LogP contribution in [0.3, 0.4) is 0 Å². The predicted molar refractivity (Wildman–Crippen MR) is 70.4 cm³/mol. The third-order valence-corrected chi connectivity index (χ3v) is 3.18. The molecule has 0 saturated carbocycles. The number of methoxy groups -OCH3 is 1. The summed E-state index contributed by atoms with van der Waals surface area (Å²) in [5.41, 5.74) is 2.17. The first kappa shape index (κ1) is 12.5. The van der Waals surface area contributed by atoms with Crippen molar-refractivity contribution in [2.45, 2.75) is 5.33 Å². The highest BCUT2D eigenvalue weighted by molar-refractivity contribution is 9.08. The molecule has 1 aromatic carbocycles. The van der Waals surface area contributed by atoms with Crippen LogP contribution in [0.25, 0.3) is 10.9 Å². The molecule has 0 atom stereocenters. The molecule has 0 radical (unpaired) electrons. The normalized spacial score (nSPS) is 10.1. The molecule has 5 heteroatoms. The van der Waals surface area contributed by atoms with Gasteiger partial charge in [0.2, 0.25) is 0 Å². The van der Waals surface area contributed by atoms with Crippen molar-refractivity contribution < 1.29 is 9.53 Å². The monoisotopic (exact) mass is 304 g/mol. The van der Waals surface area contributed by atoms with Crippen LogP contribution in [0.15, 0.2) is 24.3 Å². The van der Waals surface area contributed by atoms with Gasteiger partial charge in [-0.2, -0.15) is 5.26 Å². The van der Waals surface area contributed by atoms with Crippen LogP contribution in [0, 0.1) is 11.3 Å². The summed E-state index contributed by atoms with van der Waals surface area (Å²) in [7, 11) is 1.34. The zero-order chi connectivity index (χ0) is 13.1. The van der Waals surface area contributed by atoms with Crippen LogP contribution in [0.5, 0.6) is 0 Å². The third kappa shape index (κ3) is 2.07. The second-order valence-corrected chi connectivity index (χ2v) is 4.16. The van der Waals surface area contributed by atoms with E-state index in [4.69, 9.17) is 10.00 Å². The molecule has 1 heterocycles. The fourth-order valence-electron chi connectivity index (χ4n) is 1.75. The molecule has 0 amide bonds. The third-order valence-electron chi connectivity index (χ3n) is 2.62. The Balaban J connectivity index is 2.77. The minimum Gasteiger partial charge on any atom is -0.465 e. The van der Waals surface area contributed by atoms with Crippen molar-refractivity contribution in [2.75, 3.05) is 7.11 Å². The Morgan fingerprint density at radius 1 is 1.44 bits per heavy atom. The second-order valence-electron chi connectivity index (χ2n) is 3.60. The quantitative estimate of drug-likeness (QED) is 0.632.